The third-order valence-corrected chi connectivity index (χ3v) is 1.38. The smallest absolute Gasteiger partial charge is 0.125 e. The first-order valence-electron chi connectivity index (χ1n) is 3.29. The van der Waals surface area contributed by atoms with Crippen LogP contribution in [0.3, 0.4) is 0 Å². The highest BCUT2D eigenvalue weighted by molar-refractivity contribution is 5.56. The summed E-state index contributed by atoms with van der Waals surface area (Å²) in [6, 6.07) is 1.73. The number of nitrogens with zero attached hydrogens (tertiary/aromatic N) is 1. The van der Waals surface area contributed by atoms with Gasteiger partial charge in [0.1, 0.15) is 12.0 Å². The van der Waals surface area contributed by atoms with Crippen molar-refractivity contribution in [3.63, 3.8) is 0 Å². The van der Waals surface area contributed by atoms with Crippen LogP contribution in [0.15, 0.2) is 18.5 Å². The number of hydrogen-bond donors (Lipinski definition) is 0. The van der Waals surface area contributed by atoms with Crippen molar-refractivity contribution in [3.05, 3.63) is 24.0 Å². The minimum atomic E-state index is 0.358. The Bertz CT molecular complexity index is 248. The molecule has 0 saturated carbocycles. The number of methoxy groups -OCH3 is 1. The van der Waals surface area contributed by atoms with Crippen molar-refractivity contribution in [1.29, 1.82) is 0 Å². The Labute approximate surface area is 65.0 Å². The fourth-order valence-electron chi connectivity index (χ4n) is 0.857. The van der Waals surface area contributed by atoms with Gasteiger partial charge in [0.05, 0.1) is 7.11 Å². The summed E-state index contributed by atoms with van der Waals surface area (Å²) in [5.74, 6) is 0.715. The zero-order valence-electron chi connectivity index (χ0n) is 6.28. The number of rotatable bonds is 3. The molecule has 58 valence electrons. The third kappa shape index (κ3) is 1.77. The van der Waals surface area contributed by atoms with Gasteiger partial charge >= 0.3 is 0 Å². The van der Waals surface area contributed by atoms with Crippen LogP contribution in [-0.4, -0.2) is 18.4 Å². The van der Waals surface area contributed by atoms with E-state index in [1.165, 1.54) is 0 Å². The molecule has 0 bridgehead atoms. The number of aromatic nitrogens is 1. The molecule has 0 N–H and O–H groups in total. The Morgan fingerprint density at radius 1 is 1.73 bits per heavy atom. The molecule has 0 amide bonds. The molecular formula is C8H9NO2. The van der Waals surface area contributed by atoms with Crippen LogP contribution >= 0.6 is 0 Å². The predicted molar refractivity (Wildman–Crippen MR) is 40.6 cm³/mol. The lowest BCUT2D eigenvalue weighted by Crippen LogP contribution is -1.93. The zero-order valence-corrected chi connectivity index (χ0v) is 6.28. The van der Waals surface area contributed by atoms with Gasteiger partial charge in [0.25, 0.3) is 0 Å². The van der Waals surface area contributed by atoms with E-state index in [0.29, 0.717) is 12.2 Å². The maximum atomic E-state index is 10.2. The van der Waals surface area contributed by atoms with Gasteiger partial charge < -0.3 is 9.53 Å². The SMILES string of the molecule is COc1ccncc1CC=O. The van der Waals surface area contributed by atoms with Gasteiger partial charge in [-0.1, -0.05) is 0 Å². The number of aldehydes is 1. The Hall–Kier alpha value is -1.38. The van der Waals surface area contributed by atoms with Crippen molar-refractivity contribution in [2.24, 2.45) is 0 Å². The highest BCUT2D eigenvalue weighted by Crippen LogP contribution is 2.14. The molecule has 0 radical (unpaired) electrons. The summed E-state index contributed by atoms with van der Waals surface area (Å²) < 4.78 is 5.00. The van der Waals surface area contributed by atoms with Crippen LogP contribution in [0.5, 0.6) is 5.75 Å². The second kappa shape index (κ2) is 3.71. The van der Waals surface area contributed by atoms with Crippen molar-refractivity contribution in [1.82, 2.24) is 4.98 Å². The fraction of sp³-hybridized carbons (Fsp3) is 0.250. The molecule has 11 heavy (non-hydrogen) atoms. The van der Waals surface area contributed by atoms with Crippen molar-refractivity contribution in [3.8, 4) is 5.75 Å². The average molecular weight is 151 g/mol. The third-order valence-electron chi connectivity index (χ3n) is 1.38. The van der Waals surface area contributed by atoms with Crippen LogP contribution < -0.4 is 4.74 Å². The van der Waals surface area contributed by atoms with E-state index in [0.717, 1.165) is 11.8 Å². The summed E-state index contributed by atoms with van der Waals surface area (Å²) in [5.41, 5.74) is 0.824. The van der Waals surface area contributed by atoms with Gasteiger partial charge in [0.2, 0.25) is 0 Å². The number of carbonyl (C=O) groups excluding carboxylic acids is 1. The van der Waals surface area contributed by atoms with E-state index >= 15 is 0 Å². The molecule has 1 heterocycles. The topological polar surface area (TPSA) is 39.2 Å². The lowest BCUT2D eigenvalue weighted by molar-refractivity contribution is -0.107. The Morgan fingerprint density at radius 2 is 2.55 bits per heavy atom. The van der Waals surface area contributed by atoms with Gasteiger partial charge in [-0.2, -0.15) is 0 Å². The maximum absolute atomic E-state index is 10.2. The van der Waals surface area contributed by atoms with Gasteiger partial charge in [0, 0.05) is 24.4 Å². The maximum Gasteiger partial charge on any atom is 0.125 e. The van der Waals surface area contributed by atoms with Crippen LogP contribution in [0.1, 0.15) is 5.56 Å². The molecule has 0 unspecified atom stereocenters. The molecule has 0 aromatic carbocycles. The number of hydrogen-bond acceptors (Lipinski definition) is 3. The summed E-state index contributed by atoms with van der Waals surface area (Å²) in [4.78, 5) is 14.0. The van der Waals surface area contributed by atoms with E-state index in [1.807, 2.05) is 0 Å². The van der Waals surface area contributed by atoms with Gasteiger partial charge in [-0.3, -0.25) is 4.98 Å². The van der Waals surface area contributed by atoms with Crippen molar-refractivity contribution in [2.75, 3.05) is 7.11 Å². The lowest BCUT2D eigenvalue weighted by Gasteiger charge is -2.02. The Kier molecular flexibility index (Phi) is 2.60. The second-order valence-corrected chi connectivity index (χ2v) is 2.06. The van der Waals surface area contributed by atoms with Crippen LogP contribution in [0.25, 0.3) is 0 Å². The van der Waals surface area contributed by atoms with Crippen molar-refractivity contribution < 1.29 is 9.53 Å². The highest BCUT2D eigenvalue weighted by Gasteiger charge is 1.99. The van der Waals surface area contributed by atoms with Crippen molar-refractivity contribution >= 4 is 6.29 Å². The molecule has 1 rings (SSSR count). The molecule has 3 nitrogen and oxygen atoms in total. The fourth-order valence-corrected chi connectivity index (χ4v) is 0.857. The predicted octanol–water partition coefficient (Wildman–Crippen LogP) is 0.832. The molecule has 0 fully saturated rings. The summed E-state index contributed by atoms with van der Waals surface area (Å²) in [5, 5.41) is 0. The quantitative estimate of drug-likeness (QED) is 0.601. The van der Waals surface area contributed by atoms with Gasteiger partial charge in [-0.15, -0.1) is 0 Å². The van der Waals surface area contributed by atoms with Gasteiger partial charge in [-0.25, -0.2) is 0 Å². The minimum Gasteiger partial charge on any atom is -0.496 e. The van der Waals surface area contributed by atoms with Gasteiger partial charge in [0.15, 0.2) is 0 Å². The first kappa shape index (κ1) is 7.72. The van der Waals surface area contributed by atoms with E-state index in [2.05, 4.69) is 4.98 Å². The van der Waals surface area contributed by atoms with Crippen LogP contribution in [0.2, 0.25) is 0 Å². The highest BCUT2D eigenvalue weighted by atomic mass is 16.5. The molecule has 0 saturated heterocycles. The van der Waals surface area contributed by atoms with E-state index < -0.39 is 0 Å². The Balaban J connectivity index is 2.92. The van der Waals surface area contributed by atoms with Crippen LogP contribution in [0, 0.1) is 0 Å². The largest absolute Gasteiger partial charge is 0.496 e. The molecule has 0 aliphatic carbocycles. The summed E-state index contributed by atoms with van der Waals surface area (Å²) in [6.45, 7) is 0. The number of ether oxygens (including phenoxy) is 1. The molecule has 1 aromatic heterocycles. The number of carbonyl (C=O) groups is 1. The van der Waals surface area contributed by atoms with E-state index in [4.69, 9.17) is 4.74 Å². The van der Waals surface area contributed by atoms with E-state index in [9.17, 15) is 4.79 Å². The molecule has 0 spiro atoms. The molecule has 3 heteroatoms. The molecular weight excluding hydrogens is 142 g/mol. The first-order valence-corrected chi connectivity index (χ1v) is 3.29. The summed E-state index contributed by atoms with van der Waals surface area (Å²) >= 11 is 0. The molecule has 0 atom stereocenters. The monoisotopic (exact) mass is 151 g/mol. The minimum absolute atomic E-state index is 0.358. The standard InChI is InChI=1S/C8H9NO2/c1-11-8-2-4-9-6-7(8)3-5-10/h2,4-6H,3H2,1H3. The summed E-state index contributed by atoms with van der Waals surface area (Å²) in [7, 11) is 1.57. The normalized spacial score (nSPS) is 9.18. The van der Waals surface area contributed by atoms with E-state index in [1.54, 1.807) is 25.6 Å². The Morgan fingerprint density at radius 3 is 3.18 bits per heavy atom. The lowest BCUT2D eigenvalue weighted by atomic mass is 10.2. The second-order valence-electron chi connectivity index (χ2n) is 2.06. The summed E-state index contributed by atoms with van der Waals surface area (Å²) in [6.07, 6.45) is 4.46. The first-order chi connectivity index (χ1) is 5.38. The van der Waals surface area contributed by atoms with Crippen LogP contribution in [-0.2, 0) is 11.2 Å². The molecule has 0 aliphatic heterocycles. The average Bonchev–Trinajstić information content (AvgIpc) is 2.06. The molecule has 0 aliphatic rings. The van der Waals surface area contributed by atoms with Crippen molar-refractivity contribution in [2.45, 2.75) is 6.42 Å². The van der Waals surface area contributed by atoms with E-state index in [-0.39, 0.29) is 0 Å². The molecule has 1 aromatic rings. The number of pyridine rings is 1. The zero-order chi connectivity index (χ0) is 8.10. The van der Waals surface area contributed by atoms with Crippen LogP contribution in [0.4, 0.5) is 0 Å². The van der Waals surface area contributed by atoms with Gasteiger partial charge in [-0.05, 0) is 6.07 Å².